The molecule has 2 heterocycles. The molecule has 5 heteroatoms. The molecule has 1 atom stereocenters. The van der Waals surface area contributed by atoms with Gasteiger partial charge in [-0.05, 0) is 59.7 Å². The van der Waals surface area contributed by atoms with Crippen molar-refractivity contribution in [3.63, 3.8) is 0 Å². The van der Waals surface area contributed by atoms with Crippen LogP contribution < -0.4 is 5.84 Å². The number of carbonyl (C=O) groups is 1. The summed E-state index contributed by atoms with van der Waals surface area (Å²) in [4.78, 5) is 17.0. The van der Waals surface area contributed by atoms with Crippen LogP contribution in [0.5, 0.6) is 0 Å². The van der Waals surface area contributed by atoms with Gasteiger partial charge in [-0.25, -0.2) is 5.84 Å². The maximum Gasteiger partial charge on any atom is 0.268 e. The summed E-state index contributed by atoms with van der Waals surface area (Å²) < 4.78 is 5.34. The standard InChI is InChI=1S/C21H21N3O2/c1-14-2-3-17(21(25)24(22)19-7-9-26-13-19)11-20(14)16-5-4-15-6-8-23-12-18(15)10-16/h2-6,8,10-12,19H,7,9,13,22H2,1H3. The molecule has 5 nitrogen and oxygen atoms in total. The van der Waals surface area contributed by atoms with Crippen LogP contribution in [0.25, 0.3) is 21.9 Å². The molecule has 0 radical (unpaired) electrons. The van der Waals surface area contributed by atoms with Gasteiger partial charge in [-0.15, -0.1) is 0 Å². The summed E-state index contributed by atoms with van der Waals surface area (Å²) in [7, 11) is 0. The van der Waals surface area contributed by atoms with Gasteiger partial charge in [0, 0.05) is 30.0 Å². The van der Waals surface area contributed by atoms with Crippen molar-refractivity contribution in [1.82, 2.24) is 9.99 Å². The third kappa shape index (κ3) is 3.07. The van der Waals surface area contributed by atoms with Crippen molar-refractivity contribution >= 4 is 16.7 Å². The Morgan fingerprint density at radius 3 is 2.88 bits per heavy atom. The molecule has 0 aliphatic carbocycles. The first-order chi connectivity index (χ1) is 12.6. The molecular weight excluding hydrogens is 326 g/mol. The lowest BCUT2D eigenvalue weighted by molar-refractivity contribution is 0.0653. The topological polar surface area (TPSA) is 68.5 Å². The van der Waals surface area contributed by atoms with Crippen molar-refractivity contribution in [1.29, 1.82) is 0 Å². The van der Waals surface area contributed by atoms with Gasteiger partial charge in [0.1, 0.15) is 0 Å². The number of pyridine rings is 1. The van der Waals surface area contributed by atoms with Crippen LogP contribution in [-0.4, -0.2) is 35.2 Å². The van der Waals surface area contributed by atoms with E-state index in [1.807, 2.05) is 37.4 Å². The Kier molecular flexibility index (Phi) is 4.41. The van der Waals surface area contributed by atoms with Gasteiger partial charge in [-0.3, -0.25) is 14.8 Å². The number of aryl methyl sites for hydroxylation is 1. The molecule has 0 bridgehead atoms. The van der Waals surface area contributed by atoms with Crippen LogP contribution in [-0.2, 0) is 4.74 Å². The molecule has 1 saturated heterocycles. The van der Waals surface area contributed by atoms with E-state index in [0.717, 1.165) is 33.9 Å². The Balaban J connectivity index is 1.70. The molecule has 26 heavy (non-hydrogen) atoms. The first-order valence-electron chi connectivity index (χ1n) is 8.74. The zero-order valence-corrected chi connectivity index (χ0v) is 14.7. The number of rotatable bonds is 3. The molecule has 1 fully saturated rings. The zero-order valence-electron chi connectivity index (χ0n) is 14.7. The second-order valence-corrected chi connectivity index (χ2v) is 6.70. The van der Waals surface area contributed by atoms with E-state index in [4.69, 9.17) is 10.6 Å². The highest BCUT2D eigenvalue weighted by molar-refractivity contribution is 5.96. The van der Waals surface area contributed by atoms with Gasteiger partial charge in [0.15, 0.2) is 0 Å². The highest BCUT2D eigenvalue weighted by Crippen LogP contribution is 2.28. The molecule has 2 aromatic carbocycles. The Bertz CT molecular complexity index is 964. The third-order valence-corrected chi connectivity index (χ3v) is 4.97. The number of nitrogens with two attached hydrogens (primary N) is 1. The van der Waals surface area contributed by atoms with Crippen LogP contribution in [0.1, 0.15) is 22.3 Å². The summed E-state index contributed by atoms with van der Waals surface area (Å²) in [5.74, 6) is 5.87. The lowest BCUT2D eigenvalue weighted by Crippen LogP contribution is -2.46. The fourth-order valence-electron chi connectivity index (χ4n) is 3.37. The molecule has 132 valence electrons. The van der Waals surface area contributed by atoms with Gasteiger partial charge in [-0.2, -0.15) is 0 Å². The quantitative estimate of drug-likeness (QED) is 0.448. The van der Waals surface area contributed by atoms with Gasteiger partial charge in [0.2, 0.25) is 0 Å². The van der Waals surface area contributed by atoms with E-state index >= 15 is 0 Å². The highest BCUT2D eigenvalue weighted by atomic mass is 16.5. The lowest BCUT2D eigenvalue weighted by Gasteiger charge is -2.23. The molecule has 1 aliphatic rings. The highest BCUT2D eigenvalue weighted by Gasteiger charge is 2.26. The van der Waals surface area contributed by atoms with Crippen LogP contribution in [0.4, 0.5) is 0 Å². The number of carbonyl (C=O) groups excluding carboxylic acids is 1. The van der Waals surface area contributed by atoms with Crippen LogP contribution in [0.3, 0.4) is 0 Å². The van der Waals surface area contributed by atoms with Gasteiger partial charge >= 0.3 is 0 Å². The van der Waals surface area contributed by atoms with Crippen molar-refractivity contribution in [2.45, 2.75) is 19.4 Å². The SMILES string of the molecule is Cc1ccc(C(=O)N(N)C2CCOC2)cc1-c1ccc2ccncc2c1. The lowest BCUT2D eigenvalue weighted by atomic mass is 9.96. The van der Waals surface area contributed by atoms with E-state index in [0.29, 0.717) is 18.8 Å². The van der Waals surface area contributed by atoms with Crippen molar-refractivity contribution in [2.75, 3.05) is 13.2 Å². The molecule has 4 rings (SSSR count). The van der Waals surface area contributed by atoms with Crippen molar-refractivity contribution in [2.24, 2.45) is 5.84 Å². The molecule has 0 spiro atoms. The van der Waals surface area contributed by atoms with E-state index in [9.17, 15) is 4.79 Å². The number of nitrogens with zero attached hydrogens (tertiary/aromatic N) is 2. The fourth-order valence-corrected chi connectivity index (χ4v) is 3.37. The third-order valence-electron chi connectivity index (χ3n) is 4.97. The van der Waals surface area contributed by atoms with Crippen LogP contribution in [0.2, 0.25) is 0 Å². The van der Waals surface area contributed by atoms with Crippen LogP contribution >= 0.6 is 0 Å². The predicted molar refractivity (Wildman–Crippen MR) is 101 cm³/mol. The van der Waals surface area contributed by atoms with Gasteiger partial charge in [-0.1, -0.05) is 18.2 Å². The fraction of sp³-hybridized carbons (Fsp3) is 0.238. The largest absolute Gasteiger partial charge is 0.379 e. The molecular formula is C21H21N3O2. The number of hydrazine groups is 1. The number of hydrogen-bond donors (Lipinski definition) is 1. The van der Waals surface area contributed by atoms with Crippen molar-refractivity contribution in [3.8, 4) is 11.1 Å². The monoisotopic (exact) mass is 347 g/mol. The Labute approximate surface area is 152 Å². The number of benzene rings is 2. The van der Waals surface area contributed by atoms with Crippen molar-refractivity contribution < 1.29 is 9.53 Å². The molecule has 0 saturated carbocycles. The predicted octanol–water partition coefficient (Wildman–Crippen LogP) is 3.32. The van der Waals surface area contributed by atoms with E-state index < -0.39 is 0 Å². The van der Waals surface area contributed by atoms with Crippen molar-refractivity contribution in [3.05, 3.63) is 66.0 Å². The number of aromatic nitrogens is 1. The summed E-state index contributed by atoms with van der Waals surface area (Å²) >= 11 is 0. The molecule has 1 amide bonds. The van der Waals surface area contributed by atoms with Gasteiger partial charge < -0.3 is 4.74 Å². The second kappa shape index (κ2) is 6.86. The Hall–Kier alpha value is -2.76. The zero-order chi connectivity index (χ0) is 18.1. The van der Waals surface area contributed by atoms with E-state index in [1.54, 1.807) is 6.20 Å². The normalized spacial score (nSPS) is 16.8. The molecule has 1 aliphatic heterocycles. The van der Waals surface area contributed by atoms with Crippen LogP contribution in [0, 0.1) is 6.92 Å². The number of hydrogen-bond acceptors (Lipinski definition) is 4. The number of ether oxygens (including phenoxy) is 1. The molecule has 2 N–H and O–H groups in total. The summed E-state index contributed by atoms with van der Waals surface area (Å²) in [5, 5.41) is 3.53. The smallest absolute Gasteiger partial charge is 0.268 e. The first kappa shape index (κ1) is 16.7. The van der Waals surface area contributed by atoms with E-state index in [2.05, 4.69) is 23.2 Å². The van der Waals surface area contributed by atoms with Crippen LogP contribution in [0.15, 0.2) is 54.9 Å². The second-order valence-electron chi connectivity index (χ2n) is 6.70. The molecule has 1 unspecified atom stereocenters. The minimum atomic E-state index is -0.177. The minimum absolute atomic E-state index is 0.0565. The van der Waals surface area contributed by atoms with Gasteiger partial charge in [0.05, 0.1) is 12.6 Å². The van der Waals surface area contributed by atoms with Gasteiger partial charge in [0.25, 0.3) is 5.91 Å². The summed E-state index contributed by atoms with van der Waals surface area (Å²) in [6.07, 6.45) is 4.42. The molecule has 3 aromatic rings. The summed E-state index contributed by atoms with van der Waals surface area (Å²) in [6, 6.07) is 13.9. The summed E-state index contributed by atoms with van der Waals surface area (Å²) in [6.45, 7) is 3.19. The number of fused-ring (bicyclic) bond motifs is 1. The maximum atomic E-state index is 12.8. The average Bonchev–Trinajstić information content (AvgIpc) is 3.21. The maximum absolute atomic E-state index is 12.8. The Morgan fingerprint density at radius 2 is 2.08 bits per heavy atom. The molecule has 1 aromatic heterocycles. The van der Waals surface area contributed by atoms with E-state index in [-0.39, 0.29) is 11.9 Å². The van der Waals surface area contributed by atoms with E-state index in [1.165, 1.54) is 5.01 Å². The average molecular weight is 347 g/mol. The first-order valence-corrected chi connectivity index (χ1v) is 8.74. The number of amides is 1. The summed E-state index contributed by atoms with van der Waals surface area (Å²) in [5.41, 5.74) is 3.78. The minimum Gasteiger partial charge on any atom is -0.379 e. The Morgan fingerprint density at radius 1 is 1.19 bits per heavy atom.